The van der Waals surface area contributed by atoms with Crippen LogP contribution in [0.2, 0.25) is 0 Å². The summed E-state index contributed by atoms with van der Waals surface area (Å²) >= 11 is 0. The molecule has 1 fully saturated rings. The third-order valence-electron chi connectivity index (χ3n) is 5.59. The summed E-state index contributed by atoms with van der Waals surface area (Å²) in [5.74, 6) is 0.0845. The minimum Gasteiger partial charge on any atom is -0.396 e. The summed E-state index contributed by atoms with van der Waals surface area (Å²) in [4.78, 5) is 14.7. The molecule has 1 aromatic rings. The SMILES string of the molecule is CCC1(CO)CCN(C(C)C(=O)NCc2ccccc2C)CC1. The lowest BCUT2D eigenvalue weighted by Gasteiger charge is -2.42. The maximum Gasteiger partial charge on any atom is 0.237 e. The van der Waals surface area contributed by atoms with E-state index in [0.717, 1.165) is 37.9 Å². The number of carbonyl (C=O) groups excluding carboxylic acids is 1. The van der Waals surface area contributed by atoms with Crippen molar-refractivity contribution < 1.29 is 9.90 Å². The molecule has 23 heavy (non-hydrogen) atoms. The van der Waals surface area contributed by atoms with Crippen LogP contribution in [0.1, 0.15) is 44.2 Å². The van der Waals surface area contributed by atoms with Crippen molar-refractivity contribution in [2.75, 3.05) is 19.7 Å². The summed E-state index contributed by atoms with van der Waals surface area (Å²) in [5, 5.41) is 12.7. The maximum atomic E-state index is 12.4. The highest BCUT2D eigenvalue weighted by atomic mass is 16.3. The second-order valence-corrected chi connectivity index (χ2v) is 6.87. The number of aryl methyl sites for hydroxylation is 1. The number of aliphatic hydroxyl groups is 1. The maximum absolute atomic E-state index is 12.4. The topological polar surface area (TPSA) is 52.6 Å². The molecule has 1 aliphatic rings. The molecule has 2 N–H and O–H groups in total. The fourth-order valence-corrected chi connectivity index (χ4v) is 3.31. The number of carbonyl (C=O) groups is 1. The molecule has 0 radical (unpaired) electrons. The molecular formula is C19H30N2O2. The Morgan fingerprint density at radius 2 is 2.00 bits per heavy atom. The molecule has 0 aromatic heterocycles. The van der Waals surface area contributed by atoms with Gasteiger partial charge in [0.2, 0.25) is 5.91 Å². The van der Waals surface area contributed by atoms with Gasteiger partial charge in [-0.3, -0.25) is 9.69 Å². The second kappa shape index (κ2) is 7.93. The van der Waals surface area contributed by atoms with Gasteiger partial charge in [-0.15, -0.1) is 0 Å². The van der Waals surface area contributed by atoms with E-state index in [1.165, 1.54) is 5.56 Å². The van der Waals surface area contributed by atoms with Gasteiger partial charge < -0.3 is 10.4 Å². The average molecular weight is 318 g/mol. The monoisotopic (exact) mass is 318 g/mol. The predicted molar refractivity (Wildman–Crippen MR) is 93.1 cm³/mol. The number of amides is 1. The zero-order chi connectivity index (χ0) is 16.9. The van der Waals surface area contributed by atoms with Crippen LogP contribution in [0.3, 0.4) is 0 Å². The van der Waals surface area contributed by atoms with Gasteiger partial charge in [-0.1, -0.05) is 31.2 Å². The second-order valence-electron chi connectivity index (χ2n) is 6.87. The Morgan fingerprint density at radius 3 is 2.57 bits per heavy atom. The van der Waals surface area contributed by atoms with Gasteiger partial charge in [0.15, 0.2) is 0 Å². The minimum atomic E-state index is -0.118. The molecule has 4 nitrogen and oxygen atoms in total. The van der Waals surface area contributed by atoms with E-state index in [1.54, 1.807) is 0 Å². The van der Waals surface area contributed by atoms with Crippen molar-refractivity contribution in [3.05, 3.63) is 35.4 Å². The Morgan fingerprint density at radius 1 is 1.35 bits per heavy atom. The van der Waals surface area contributed by atoms with Gasteiger partial charge in [-0.2, -0.15) is 0 Å². The highest BCUT2D eigenvalue weighted by Crippen LogP contribution is 2.34. The number of aliphatic hydroxyl groups excluding tert-OH is 1. The molecule has 1 atom stereocenters. The van der Waals surface area contributed by atoms with E-state index in [-0.39, 0.29) is 24.0 Å². The van der Waals surface area contributed by atoms with Gasteiger partial charge in [0.1, 0.15) is 0 Å². The highest BCUT2D eigenvalue weighted by Gasteiger charge is 2.35. The van der Waals surface area contributed by atoms with Crippen LogP contribution in [0.25, 0.3) is 0 Å². The molecule has 0 saturated carbocycles. The van der Waals surface area contributed by atoms with Gasteiger partial charge in [0, 0.05) is 13.2 Å². The first-order chi connectivity index (χ1) is 11.0. The lowest BCUT2D eigenvalue weighted by atomic mass is 9.76. The van der Waals surface area contributed by atoms with Crippen molar-refractivity contribution in [2.24, 2.45) is 5.41 Å². The van der Waals surface area contributed by atoms with E-state index in [9.17, 15) is 9.90 Å². The molecule has 1 unspecified atom stereocenters. The fraction of sp³-hybridized carbons (Fsp3) is 0.632. The van der Waals surface area contributed by atoms with Crippen molar-refractivity contribution in [3.8, 4) is 0 Å². The highest BCUT2D eigenvalue weighted by molar-refractivity contribution is 5.81. The lowest BCUT2D eigenvalue weighted by molar-refractivity contribution is -0.127. The Bertz CT molecular complexity index is 516. The smallest absolute Gasteiger partial charge is 0.237 e. The Kier molecular flexibility index (Phi) is 6.19. The summed E-state index contributed by atoms with van der Waals surface area (Å²) in [5.41, 5.74) is 2.43. The van der Waals surface area contributed by atoms with Crippen LogP contribution in [0.4, 0.5) is 0 Å². The Hall–Kier alpha value is -1.39. The van der Waals surface area contributed by atoms with Crippen LogP contribution in [-0.2, 0) is 11.3 Å². The number of rotatable bonds is 6. The minimum absolute atomic E-state index is 0.0633. The summed E-state index contributed by atoms with van der Waals surface area (Å²) in [6, 6.07) is 8.01. The van der Waals surface area contributed by atoms with Crippen molar-refractivity contribution in [3.63, 3.8) is 0 Å². The number of nitrogens with zero attached hydrogens (tertiary/aromatic N) is 1. The number of nitrogens with one attached hydrogen (secondary N) is 1. The van der Waals surface area contributed by atoms with Gasteiger partial charge in [-0.25, -0.2) is 0 Å². The predicted octanol–water partition coefficient (Wildman–Crippen LogP) is 2.48. The van der Waals surface area contributed by atoms with Crippen LogP contribution < -0.4 is 5.32 Å². The van der Waals surface area contributed by atoms with E-state index < -0.39 is 0 Å². The van der Waals surface area contributed by atoms with E-state index in [1.807, 2.05) is 19.1 Å². The van der Waals surface area contributed by atoms with E-state index in [2.05, 4.69) is 36.2 Å². The first-order valence-corrected chi connectivity index (χ1v) is 8.68. The molecule has 0 bridgehead atoms. The molecule has 128 valence electrons. The van der Waals surface area contributed by atoms with Crippen LogP contribution in [0.15, 0.2) is 24.3 Å². The van der Waals surface area contributed by atoms with E-state index in [4.69, 9.17) is 0 Å². The third-order valence-corrected chi connectivity index (χ3v) is 5.59. The van der Waals surface area contributed by atoms with Crippen molar-refractivity contribution >= 4 is 5.91 Å². The molecule has 1 amide bonds. The zero-order valence-corrected chi connectivity index (χ0v) is 14.6. The average Bonchev–Trinajstić information content (AvgIpc) is 2.60. The van der Waals surface area contributed by atoms with Crippen LogP contribution >= 0.6 is 0 Å². The Balaban J connectivity index is 1.85. The summed E-state index contributed by atoms with van der Waals surface area (Å²) in [6.07, 6.45) is 2.94. The van der Waals surface area contributed by atoms with Crippen LogP contribution in [0.5, 0.6) is 0 Å². The number of piperidine rings is 1. The standard InChI is InChI=1S/C19H30N2O2/c1-4-19(14-22)9-11-21(12-10-19)16(3)18(23)20-13-17-8-6-5-7-15(17)2/h5-8,16,22H,4,9-14H2,1-3H3,(H,20,23). The number of benzene rings is 1. The molecular weight excluding hydrogens is 288 g/mol. The van der Waals surface area contributed by atoms with Gasteiger partial charge in [0.05, 0.1) is 6.04 Å². The van der Waals surface area contributed by atoms with Crippen molar-refractivity contribution in [2.45, 2.75) is 52.6 Å². The summed E-state index contributed by atoms with van der Waals surface area (Å²) < 4.78 is 0. The van der Waals surface area contributed by atoms with E-state index >= 15 is 0 Å². The quantitative estimate of drug-likeness (QED) is 0.847. The van der Waals surface area contributed by atoms with Crippen molar-refractivity contribution in [1.29, 1.82) is 0 Å². The molecule has 0 spiro atoms. The third kappa shape index (κ3) is 4.33. The molecule has 2 rings (SSSR count). The lowest BCUT2D eigenvalue weighted by Crippen LogP contribution is -2.50. The molecule has 1 saturated heterocycles. The number of likely N-dealkylation sites (tertiary alicyclic amines) is 1. The molecule has 1 aliphatic heterocycles. The van der Waals surface area contributed by atoms with Gasteiger partial charge >= 0.3 is 0 Å². The first kappa shape index (κ1) is 18.0. The summed E-state index contributed by atoms with van der Waals surface area (Å²) in [6.45, 7) is 8.79. The van der Waals surface area contributed by atoms with E-state index in [0.29, 0.717) is 6.54 Å². The number of hydrogen-bond acceptors (Lipinski definition) is 3. The zero-order valence-electron chi connectivity index (χ0n) is 14.6. The van der Waals surface area contributed by atoms with Crippen LogP contribution in [0, 0.1) is 12.3 Å². The van der Waals surface area contributed by atoms with Crippen LogP contribution in [-0.4, -0.2) is 41.7 Å². The largest absolute Gasteiger partial charge is 0.396 e. The molecule has 0 aliphatic carbocycles. The summed E-state index contributed by atoms with van der Waals surface area (Å²) in [7, 11) is 0. The Labute approximate surface area is 139 Å². The molecule has 1 aromatic carbocycles. The normalized spacial score (nSPS) is 19.3. The number of hydrogen-bond donors (Lipinski definition) is 2. The molecule has 1 heterocycles. The first-order valence-electron chi connectivity index (χ1n) is 8.68. The fourth-order valence-electron chi connectivity index (χ4n) is 3.31. The van der Waals surface area contributed by atoms with Crippen molar-refractivity contribution in [1.82, 2.24) is 10.2 Å². The molecule has 4 heteroatoms. The van der Waals surface area contributed by atoms with Gasteiger partial charge in [0.25, 0.3) is 0 Å². The van der Waals surface area contributed by atoms with Gasteiger partial charge in [-0.05, 0) is 62.7 Å².